The molecule has 0 bridgehead atoms. The molecule has 19 heavy (non-hydrogen) atoms. The summed E-state index contributed by atoms with van der Waals surface area (Å²) in [5.74, 6) is -0.820. The summed E-state index contributed by atoms with van der Waals surface area (Å²) >= 11 is 9.23. The lowest BCUT2D eigenvalue weighted by Crippen LogP contribution is -2.04. The molecule has 6 heteroatoms. The van der Waals surface area contributed by atoms with Crippen molar-refractivity contribution < 1.29 is 9.90 Å². The molecule has 0 aliphatic rings. The van der Waals surface area contributed by atoms with Crippen LogP contribution in [-0.4, -0.2) is 21.0 Å². The van der Waals surface area contributed by atoms with Gasteiger partial charge in [0.05, 0.1) is 11.2 Å². The van der Waals surface area contributed by atoms with Gasteiger partial charge in [-0.05, 0) is 37.1 Å². The van der Waals surface area contributed by atoms with Crippen LogP contribution in [0.3, 0.4) is 0 Å². The van der Waals surface area contributed by atoms with E-state index in [0.29, 0.717) is 5.82 Å². The maximum Gasteiger partial charge on any atom is 0.356 e. The lowest BCUT2D eigenvalue weighted by molar-refractivity contribution is 0.0690. The molecule has 0 aliphatic carbocycles. The van der Waals surface area contributed by atoms with Crippen molar-refractivity contribution >= 4 is 33.5 Å². The monoisotopic (exact) mass is 340 g/mol. The van der Waals surface area contributed by atoms with E-state index in [-0.39, 0.29) is 10.7 Å². The van der Waals surface area contributed by atoms with Crippen LogP contribution in [0.1, 0.15) is 21.6 Å². The Balaban J connectivity index is 2.60. The molecule has 4 nitrogen and oxygen atoms in total. The average molecular weight is 342 g/mol. The first-order valence-electron chi connectivity index (χ1n) is 5.43. The van der Waals surface area contributed by atoms with Crippen molar-refractivity contribution in [1.29, 1.82) is 0 Å². The van der Waals surface area contributed by atoms with Gasteiger partial charge in [-0.1, -0.05) is 27.5 Å². The van der Waals surface area contributed by atoms with E-state index >= 15 is 0 Å². The minimum atomic E-state index is -1.17. The van der Waals surface area contributed by atoms with Gasteiger partial charge in [-0.2, -0.15) is 0 Å². The molecule has 0 radical (unpaired) electrons. The Morgan fingerprint density at radius 1 is 1.32 bits per heavy atom. The minimum Gasteiger partial charge on any atom is -0.476 e. The van der Waals surface area contributed by atoms with Crippen LogP contribution in [0.5, 0.6) is 0 Å². The highest BCUT2D eigenvalue weighted by Gasteiger charge is 2.14. The van der Waals surface area contributed by atoms with E-state index in [1.807, 2.05) is 26.0 Å². The van der Waals surface area contributed by atoms with Crippen LogP contribution in [-0.2, 0) is 0 Å². The van der Waals surface area contributed by atoms with Crippen LogP contribution < -0.4 is 0 Å². The highest BCUT2D eigenvalue weighted by atomic mass is 79.9. The predicted molar refractivity (Wildman–Crippen MR) is 76.6 cm³/mol. The molecule has 2 rings (SSSR count). The molecule has 0 atom stereocenters. The summed E-state index contributed by atoms with van der Waals surface area (Å²) in [4.78, 5) is 19.1. The largest absolute Gasteiger partial charge is 0.476 e. The van der Waals surface area contributed by atoms with E-state index in [4.69, 9.17) is 16.7 Å². The number of carbonyl (C=O) groups is 1. The summed E-state index contributed by atoms with van der Waals surface area (Å²) in [7, 11) is 0. The van der Waals surface area contributed by atoms with Gasteiger partial charge in [0.15, 0.2) is 11.5 Å². The topological polar surface area (TPSA) is 63.1 Å². The fourth-order valence-corrected chi connectivity index (χ4v) is 2.13. The van der Waals surface area contributed by atoms with Gasteiger partial charge in [0.2, 0.25) is 0 Å². The van der Waals surface area contributed by atoms with Crippen molar-refractivity contribution in [2.45, 2.75) is 13.8 Å². The first-order chi connectivity index (χ1) is 8.90. The van der Waals surface area contributed by atoms with Crippen LogP contribution in [0.4, 0.5) is 0 Å². The second-order valence-corrected chi connectivity index (χ2v) is 5.32. The zero-order valence-electron chi connectivity index (χ0n) is 10.2. The maximum absolute atomic E-state index is 11.0. The van der Waals surface area contributed by atoms with E-state index in [0.717, 1.165) is 21.2 Å². The number of halogens is 2. The Labute approximate surface area is 123 Å². The van der Waals surface area contributed by atoms with Crippen molar-refractivity contribution in [2.24, 2.45) is 0 Å². The second kappa shape index (κ2) is 5.27. The van der Waals surface area contributed by atoms with Crippen molar-refractivity contribution in [3.63, 3.8) is 0 Å². The summed E-state index contributed by atoms with van der Waals surface area (Å²) in [5, 5.41) is 9.04. The number of hydrogen-bond acceptors (Lipinski definition) is 3. The van der Waals surface area contributed by atoms with Gasteiger partial charge < -0.3 is 5.11 Å². The van der Waals surface area contributed by atoms with E-state index in [2.05, 4.69) is 25.9 Å². The molecule has 0 aliphatic heterocycles. The van der Waals surface area contributed by atoms with Crippen LogP contribution in [0.15, 0.2) is 22.8 Å². The molecule has 1 heterocycles. The van der Waals surface area contributed by atoms with Gasteiger partial charge in [-0.3, -0.25) is 0 Å². The Kier molecular flexibility index (Phi) is 3.87. The first kappa shape index (κ1) is 14.0. The molecule has 0 saturated heterocycles. The number of carboxylic acids is 1. The summed E-state index contributed by atoms with van der Waals surface area (Å²) in [6.45, 7) is 3.91. The fraction of sp³-hybridized carbons (Fsp3) is 0.154. The van der Waals surface area contributed by atoms with Crippen LogP contribution >= 0.6 is 27.5 Å². The minimum absolute atomic E-state index is 0.0294. The molecule has 0 spiro atoms. The third kappa shape index (κ3) is 2.77. The third-order valence-corrected chi connectivity index (χ3v) is 4.17. The number of aromatic carboxylic acids is 1. The normalized spacial score (nSPS) is 10.5. The molecule has 0 amide bonds. The molecule has 1 aromatic heterocycles. The van der Waals surface area contributed by atoms with Gasteiger partial charge in [-0.25, -0.2) is 14.8 Å². The van der Waals surface area contributed by atoms with Crippen LogP contribution in [0.25, 0.3) is 11.4 Å². The number of hydrogen-bond donors (Lipinski definition) is 1. The third-order valence-electron chi connectivity index (χ3n) is 2.64. The lowest BCUT2D eigenvalue weighted by Gasteiger charge is -2.08. The summed E-state index contributed by atoms with van der Waals surface area (Å²) in [6, 6.07) is 3.79. The van der Waals surface area contributed by atoms with Crippen molar-refractivity contribution in [2.75, 3.05) is 0 Å². The first-order valence-corrected chi connectivity index (χ1v) is 6.60. The molecule has 0 saturated carbocycles. The van der Waals surface area contributed by atoms with Gasteiger partial charge in [0, 0.05) is 10.0 Å². The molecule has 1 aromatic carbocycles. The molecule has 2 aromatic rings. The predicted octanol–water partition coefficient (Wildman–Crippen LogP) is 3.87. The molecule has 98 valence electrons. The Morgan fingerprint density at radius 3 is 2.42 bits per heavy atom. The Bertz CT molecular complexity index is 651. The number of nitrogens with zero attached hydrogens (tertiary/aromatic N) is 2. The summed E-state index contributed by atoms with van der Waals surface area (Å²) in [6.07, 6.45) is 1.31. The van der Waals surface area contributed by atoms with E-state index in [1.54, 1.807) is 0 Å². The van der Waals surface area contributed by atoms with E-state index in [1.165, 1.54) is 6.20 Å². The molecular weight excluding hydrogens is 332 g/mol. The van der Waals surface area contributed by atoms with Crippen molar-refractivity contribution in [1.82, 2.24) is 9.97 Å². The number of carboxylic acid groups (broad SMARTS) is 1. The fourth-order valence-electron chi connectivity index (χ4n) is 1.73. The van der Waals surface area contributed by atoms with Gasteiger partial charge >= 0.3 is 5.97 Å². The standard InChI is InChI=1S/C13H10BrClN2O2/c1-6-3-8(4-7(2)10(6)14)12-16-5-9(15)11(17-12)13(18)19/h3-5H,1-2H3,(H,18,19). The number of aromatic nitrogens is 2. The van der Waals surface area contributed by atoms with Crippen LogP contribution in [0, 0.1) is 13.8 Å². The Morgan fingerprint density at radius 2 is 1.89 bits per heavy atom. The highest BCUT2D eigenvalue weighted by molar-refractivity contribution is 9.10. The van der Waals surface area contributed by atoms with Crippen molar-refractivity contribution in [3.05, 3.63) is 44.6 Å². The highest BCUT2D eigenvalue weighted by Crippen LogP contribution is 2.27. The van der Waals surface area contributed by atoms with Gasteiger partial charge in [0.25, 0.3) is 0 Å². The zero-order chi connectivity index (χ0) is 14.2. The average Bonchev–Trinajstić information content (AvgIpc) is 2.35. The molecule has 0 fully saturated rings. The van der Waals surface area contributed by atoms with Crippen molar-refractivity contribution in [3.8, 4) is 11.4 Å². The number of benzene rings is 1. The van der Waals surface area contributed by atoms with Gasteiger partial charge in [-0.15, -0.1) is 0 Å². The van der Waals surface area contributed by atoms with Gasteiger partial charge in [0.1, 0.15) is 0 Å². The smallest absolute Gasteiger partial charge is 0.356 e. The van der Waals surface area contributed by atoms with Crippen LogP contribution in [0.2, 0.25) is 5.02 Å². The summed E-state index contributed by atoms with van der Waals surface area (Å²) < 4.78 is 1.02. The SMILES string of the molecule is Cc1cc(-c2ncc(Cl)c(C(=O)O)n2)cc(C)c1Br. The Hall–Kier alpha value is -1.46. The lowest BCUT2D eigenvalue weighted by atomic mass is 10.1. The van der Waals surface area contributed by atoms with E-state index < -0.39 is 5.97 Å². The second-order valence-electron chi connectivity index (χ2n) is 4.12. The summed E-state index contributed by atoms with van der Waals surface area (Å²) in [5.41, 5.74) is 2.64. The van der Waals surface area contributed by atoms with E-state index in [9.17, 15) is 4.79 Å². The maximum atomic E-state index is 11.0. The molecule has 0 unspecified atom stereocenters. The molecular formula is C13H10BrClN2O2. The zero-order valence-corrected chi connectivity index (χ0v) is 12.6. The quantitative estimate of drug-likeness (QED) is 0.900. The number of rotatable bonds is 2. The molecule has 1 N–H and O–H groups in total. The number of aryl methyl sites for hydroxylation is 2.